The largest absolute Gasteiger partial charge is 0.370 e. The third-order valence-electron chi connectivity index (χ3n) is 3.41. The Kier molecular flexibility index (Phi) is 5.14. The van der Waals surface area contributed by atoms with E-state index < -0.39 is 0 Å². The molecule has 0 unspecified atom stereocenters. The van der Waals surface area contributed by atoms with Gasteiger partial charge in [0.25, 0.3) is 0 Å². The molecule has 2 aromatic rings. The molecule has 0 saturated carbocycles. The third kappa shape index (κ3) is 3.72. The van der Waals surface area contributed by atoms with Crippen molar-refractivity contribution in [3.63, 3.8) is 0 Å². The Hall–Kier alpha value is -2.10. The number of aromatic nitrogens is 2. The molecule has 1 aromatic carbocycles. The summed E-state index contributed by atoms with van der Waals surface area (Å²) in [6, 6.07) is 10.4. The highest BCUT2D eigenvalue weighted by Crippen LogP contribution is 2.30. The minimum absolute atomic E-state index is 0.369. The van der Waals surface area contributed by atoms with Gasteiger partial charge in [-0.05, 0) is 18.4 Å². The van der Waals surface area contributed by atoms with E-state index in [0.717, 1.165) is 24.7 Å². The van der Waals surface area contributed by atoms with E-state index in [0.29, 0.717) is 5.92 Å². The molecule has 1 N–H and O–H groups in total. The van der Waals surface area contributed by atoms with E-state index in [2.05, 4.69) is 72.3 Å². The summed E-state index contributed by atoms with van der Waals surface area (Å²) in [7, 11) is 2.08. The van der Waals surface area contributed by atoms with Gasteiger partial charge in [0.1, 0.15) is 18.0 Å². The van der Waals surface area contributed by atoms with Crippen molar-refractivity contribution in [1.82, 2.24) is 9.97 Å². The molecule has 0 aliphatic rings. The average Bonchev–Trinajstić information content (AvgIpc) is 2.48. The maximum atomic E-state index is 4.51. The van der Waals surface area contributed by atoms with Crippen LogP contribution in [0.2, 0.25) is 0 Å². The monoisotopic (exact) mass is 284 g/mol. The summed E-state index contributed by atoms with van der Waals surface area (Å²) < 4.78 is 0. The van der Waals surface area contributed by atoms with Crippen molar-refractivity contribution in [3.05, 3.63) is 47.8 Å². The van der Waals surface area contributed by atoms with Gasteiger partial charge in [0.05, 0.1) is 0 Å². The van der Waals surface area contributed by atoms with Crippen molar-refractivity contribution < 1.29 is 0 Å². The van der Waals surface area contributed by atoms with Gasteiger partial charge in [-0.25, -0.2) is 9.97 Å². The van der Waals surface area contributed by atoms with Crippen molar-refractivity contribution in [1.29, 1.82) is 0 Å². The number of rotatable bonds is 6. The minimum Gasteiger partial charge on any atom is -0.370 e. The van der Waals surface area contributed by atoms with Gasteiger partial charge in [-0.3, -0.25) is 0 Å². The van der Waals surface area contributed by atoms with Crippen LogP contribution in [-0.2, 0) is 6.54 Å². The van der Waals surface area contributed by atoms with Gasteiger partial charge in [-0.15, -0.1) is 0 Å². The SMILES string of the molecule is CCNc1ncnc(N(C)Cc2ccccc2)c1C(C)C. The molecule has 0 aliphatic carbocycles. The highest BCUT2D eigenvalue weighted by atomic mass is 15.2. The number of nitrogens with one attached hydrogen (secondary N) is 1. The third-order valence-corrected chi connectivity index (χ3v) is 3.41. The average molecular weight is 284 g/mol. The van der Waals surface area contributed by atoms with Crippen molar-refractivity contribution >= 4 is 11.6 Å². The highest BCUT2D eigenvalue weighted by molar-refractivity contribution is 5.60. The van der Waals surface area contributed by atoms with E-state index in [1.807, 2.05) is 6.07 Å². The Labute approximate surface area is 127 Å². The van der Waals surface area contributed by atoms with Gasteiger partial charge in [-0.2, -0.15) is 0 Å². The summed E-state index contributed by atoms with van der Waals surface area (Å²) in [5.41, 5.74) is 2.45. The van der Waals surface area contributed by atoms with Gasteiger partial charge < -0.3 is 10.2 Å². The predicted molar refractivity (Wildman–Crippen MR) is 88.8 cm³/mol. The van der Waals surface area contributed by atoms with Crippen LogP contribution in [0.5, 0.6) is 0 Å². The number of benzene rings is 1. The first-order valence-electron chi connectivity index (χ1n) is 7.47. The van der Waals surface area contributed by atoms with E-state index in [9.17, 15) is 0 Å². The molecule has 112 valence electrons. The molecule has 0 atom stereocenters. The zero-order valence-electron chi connectivity index (χ0n) is 13.3. The van der Waals surface area contributed by atoms with Crippen molar-refractivity contribution in [3.8, 4) is 0 Å². The highest BCUT2D eigenvalue weighted by Gasteiger charge is 2.17. The number of nitrogens with zero attached hydrogens (tertiary/aromatic N) is 3. The molecule has 1 heterocycles. The number of anilines is 2. The Morgan fingerprint density at radius 2 is 1.86 bits per heavy atom. The van der Waals surface area contributed by atoms with Crippen LogP contribution in [0.25, 0.3) is 0 Å². The van der Waals surface area contributed by atoms with Crippen LogP contribution in [0.1, 0.15) is 37.8 Å². The lowest BCUT2D eigenvalue weighted by atomic mass is 10.0. The summed E-state index contributed by atoms with van der Waals surface area (Å²) >= 11 is 0. The fourth-order valence-electron chi connectivity index (χ4n) is 2.46. The van der Waals surface area contributed by atoms with Crippen molar-refractivity contribution in [2.75, 3.05) is 23.8 Å². The molecule has 0 saturated heterocycles. The molecule has 0 fully saturated rings. The second kappa shape index (κ2) is 7.07. The van der Waals surface area contributed by atoms with Crippen LogP contribution in [0.3, 0.4) is 0 Å². The minimum atomic E-state index is 0.369. The van der Waals surface area contributed by atoms with Gasteiger partial charge in [0.15, 0.2) is 0 Å². The normalized spacial score (nSPS) is 10.7. The van der Waals surface area contributed by atoms with E-state index in [1.165, 1.54) is 11.1 Å². The Morgan fingerprint density at radius 3 is 2.48 bits per heavy atom. The summed E-state index contributed by atoms with van der Waals surface area (Å²) in [5, 5.41) is 3.34. The first kappa shape index (κ1) is 15.3. The molecule has 0 spiro atoms. The number of hydrogen-bond donors (Lipinski definition) is 1. The lowest BCUT2D eigenvalue weighted by Crippen LogP contribution is -2.21. The zero-order chi connectivity index (χ0) is 15.2. The topological polar surface area (TPSA) is 41.1 Å². The number of hydrogen-bond acceptors (Lipinski definition) is 4. The van der Waals surface area contributed by atoms with Crippen LogP contribution in [-0.4, -0.2) is 23.6 Å². The smallest absolute Gasteiger partial charge is 0.137 e. The molecule has 21 heavy (non-hydrogen) atoms. The molecule has 0 bridgehead atoms. The standard InChI is InChI=1S/C17H24N4/c1-5-18-16-15(13(2)3)17(20-12-19-16)21(4)11-14-9-7-6-8-10-14/h6-10,12-13H,5,11H2,1-4H3,(H,18,19,20). The van der Waals surface area contributed by atoms with Crippen LogP contribution >= 0.6 is 0 Å². The maximum absolute atomic E-state index is 4.51. The molecule has 2 rings (SSSR count). The van der Waals surface area contributed by atoms with Crippen LogP contribution in [0.4, 0.5) is 11.6 Å². The fraction of sp³-hybridized carbons (Fsp3) is 0.412. The maximum Gasteiger partial charge on any atom is 0.137 e. The van der Waals surface area contributed by atoms with Crippen molar-refractivity contribution in [2.24, 2.45) is 0 Å². The van der Waals surface area contributed by atoms with E-state index in [-0.39, 0.29) is 0 Å². The lowest BCUT2D eigenvalue weighted by Gasteiger charge is -2.24. The van der Waals surface area contributed by atoms with E-state index in [4.69, 9.17) is 0 Å². The summed E-state index contributed by atoms with van der Waals surface area (Å²) in [4.78, 5) is 11.1. The second-order valence-corrected chi connectivity index (χ2v) is 5.49. The van der Waals surface area contributed by atoms with Gasteiger partial charge in [0.2, 0.25) is 0 Å². The van der Waals surface area contributed by atoms with Crippen LogP contribution < -0.4 is 10.2 Å². The quantitative estimate of drug-likeness (QED) is 0.878. The molecule has 0 aliphatic heterocycles. The zero-order valence-corrected chi connectivity index (χ0v) is 13.3. The molecular formula is C17H24N4. The first-order chi connectivity index (χ1) is 10.1. The molecule has 1 aromatic heterocycles. The van der Waals surface area contributed by atoms with Crippen molar-refractivity contribution in [2.45, 2.75) is 33.2 Å². The summed E-state index contributed by atoms with van der Waals surface area (Å²) in [6.45, 7) is 8.14. The van der Waals surface area contributed by atoms with E-state index in [1.54, 1.807) is 6.33 Å². The van der Waals surface area contributed by atoms with Gasteiger partial charge >= 0.3 is 0 Å². The molecule has 4 nitrogen and oxygen atoms in total. The first-order valence-corrected chi connectivity index (χ1v) is 7.47. The predicted octanol–water partition coefficient (Wildman–Crippen LogP) is 3.67. The Bertz CT molecular complexity index is 566. The lowest BCUT2D eigenvalue weighted by molar-refractivity contribution is 0.808. The van der Waals surface area contributed by atoms with Gasteiger partial charge in [-0.1, -0.05) is 44.2 Å². The Balaban J connectivity index is 2.31. The summed E-state index contributed by atoms with van der Waals surface area (Å²) in [6.07, 6.45) is 1.64. The Morgan fingerprint density at radius 1 is 1.14 bits per heavy atom. The van der Waals surface area contributed by atoms with Crippen LogP contribution in [0, 0.1) is 0 Å². The van der Waals surface area contributed by atoms with E-state index >= 15 is 0 Å². The van der Waals surface area contributed by atoms with Crippen LogP contribution in [0.15, 0.2) is 36.7 Å². The fourth-order valence-corrected chi connectivity index (χ4v) is 2.46. The molecule has 4 heteroatoms. The summed E-state index contributed by atoms with van der Waals surface area (Å²) in [5.74, 6) is 2.31. The molecule has 0 amide bonds. The molecule has 0 radical (unpaired) electrons. The molecular weight excluding hydrogens is 260 g/mol. The second-order valence-electron chi connectivity index (χ2n) is 5.49. The van der Waals surface area contributed by atoms with Gasteiger partial charge in [0, 0.05) is 25.7 Å².